The maximum atomic E-state index is 13.4. The van der Waals surface area contributed by atoms with Crippen LogP contribution in [0.3, 0.4) is 0 Å². The van der Waals surface area contributed by atoms with Crippen LogP contribution in [0.1, 0.15) is 12.5 Å². The van der Waals surface area contributed by atoms with Crippen molar-refractivity contribution in [3.63, 3.8) is 0 Å². The minimum atomic E-state index is -0.218. The molecule has 2 heterocycles. The van der Waals surface area contributed by atoms with Gasteiger partial charge in [0, 0.05) is 30.1 Å². The number of rotatable bonds is 7. The minimum Gasteiger partial charge on any atom is -0.373 e. The molecule has 3 rings (SSSR count). The van der Waals surface area contributed by atoms with E-state index in [1.165, 1.54) is 6.07 Å². The largest absolute Gasteiger partial charge is 0.373 e. The van der Waals surface area contributed by atoms with E-state index >= 15 is 0 Å². The number of hydrogen-bond donors (Lipinski definition) is 2. The van der Waals surface area contributed by atoms with Crippen LogP contribution in [-0.2, 0) is 13.0 Å². The monoisotopic (exact) mass is 422 g/mol. The van der Waals surface area contributed by atoms with Crippen LogP contribution in [0.5, 0.6) is 0 Å². The molecule has 0 saturated heterocycles. The Labute approximate surface area is 159 Å². The highest BCUT2D eigenvalue weighted by atomic mass is 79.9. The van der Waals surface area contributed by atoms with Crippen molar-refractivity contribution in [1.29, 1.82) is 0 Å². The van der Waals surface area contributed by atoms with Gasteiger partial charge in [-0.2, -0.15) is 5.10 Å². The van der Waals surface area contributed by atoms with Crippen molar-refractivity contribution in [2.75, 3.05) is 11.9 Å². The number of nitrogens with one attached hydrogen (secondary N) is 1. The van der Waals surface area contributed by atoms with Crippen molar-refractivity contribution in [3.8, 4) is 11.3 Å². The van der Waals surface area contributed by atoms with Crippen molar-refractivity contribution in [2.45, 2.75) is 25.9 Å². The standard InChI is InChI=1S/C18H20BrFN4S/c1-2-24-18(16(19)10-22-24)13-8-17(25-11-13)23-15(9-21)7-12-4-3-5-14(20)6-12/h3-6,8,10-11,15,23H,2,7,9,21H2,1H3/t15-/m0/s1. The second kappa shape index (κ2) is 8.12. The van der Waals surface area contributed by atoms with Crippen LogP contribution >= 0.6 is 27.3 Å². The zero-order valence-electron chi connectivity index (χ0n) is 13.9. The SMILES string of the molecule is CCn1ncc(Br)c1-c1csc(N[C@H](CN)Cc2cccc(F)c2)c1. The number of thiophene rings is 1. The number of benzene rings is 1. The normalized spacial score (nSPS) is 12.3. The third-order valence-electron chi connectivity index (χ3n) is 3.97. The molecule has 0 aliphatic rings. The van der Waals surface area contributed by atoms with Gasteiger partial charge in [-0.05, 0) is 53.0 Å². The second-order valence-electron chi connectivity index (χ2n) is 5.77. The highest BCUT2D eigenvalue weighted by molar-refractivity contribution is 9.10. The highest BCUT2D eigenvalue weighted by Gasteiger charge is 2.14. The van der Waals surface area contributed by atoms with Crippen LogP contribution < -0.4 is 11.1 Å². The molecule has 0 saturated carbocycles. The van der Waals surface area contributed by atoms with Gasteiger partial charge in [-0.1, -0.05) is 12.1 Å². The molecule has 0 aliphatic carbocycles. The lowest BCUT2D eigenvalue weighted by Crippen LogP contribution is -2.30. The van der Waals surface area contributed by atoms with Crippen molar-refractivity contribution >= 4 is 32.3 Å². The first-order valence-electron chi connectivity index (χ1n) is 8.12. The maximum absolute atomic E-state index is 13.4. The van der Waals surface area contributed by atoms with Crippen LogP contribution in [0.25, 0.3) is 11.3 Å². The van der Waals surface area contributed by atoms with E-state index in [4.69, 9.17) is 5.73 Å². The smallest absolute Gasteiger partial charge is 0.123 e. The summed E-state index contributed by atoms with van der Waals surface area (Å²) in [5, 5.41) is 11.0. The molecule has 3 aromatic rings. The van der Waals surface area contributed by atoms with Crippen LogP contribution in [0.4, 0.5) is 9.39 Å². The summed E-state index contributed by atoms with van der Waals surface area (Å²) in [5.41, 5.74) is 9.02. The molecule has 1 atom stereocenters. The van der Waals surface area contributed by atoms with E-state index in [1.54, 1.807) is 23.5 Å². The fourth-order valence-corrected chi connectivity index (χ4v) is 4.16. The van der Waals surface area contributed by atoms with E-state index < -0.39 is 0 Å². The molecule has 0 fully saturated rings. The van der Waals surface area contributed by atoms with Gasteiger partial charge in [-0.15, -0.1) is 11.3 Å². The number of halogens is 2. The van der Waals surface area contributed by atoms with Gasteiger partial charge in [0.1, 0.15) is 5.82 Å². The van der Waals surface area contributed by atoms with E-state index in [1.807, 2.05) is 16.9 Å². The molecular weight excluding hydrogens is 403 g/mol. The molecule has 0 radical (unpaired) electrons. The molecule has 0 amide bonds. The highest BCUT2D eigenvalue weighted by Crippen LogP contribution is 2.34. The van der Waals surface area contributed by atoms with Gasteiger partial charge < -0.3 is 11.1 Å². The summed E-state index contributed by atoms with van der Waals surface area (Å²) in [7, 11) is 0. The Hall–Kier alpha value is -1.70. The Morgan fingerprint density at radius 2 is 2.24 bits per heavy atom. The summed E-state index contributed by atoms with van der Waals surface area (Å²) < 4.78 is 16.3. The maximum Gasteiger partial charge on any atom is 0.123 e. The molecule has 132 valence electrons. The van der Waals surface area contributed by atoms with Gasteiger partial charge in [0.05, 0.1) is 21.4 Å². The third-order valence-corrected chi connectivity index (χ3v) is 5.41. The first kappa shape index (κ1) is 18.1. The molecule has 0 spiro atoms. The van der Waals surface area contributed by atoms with Gasteiger partial charge in [0.15, 0.2) is 0 Å². The summed E-state index contributed by atoms with van der Waals surface area (Å²) in [5.74, 6) is -0.218. The quantitative estimate of drug-likeness (QED) is 0.588. The number of hydrogen-bond acceptors (Lipinski definition) is 4. The van der Waals surface area contributed by atoms with Gasteiger partial charge in [0.2, 0.25) is 0 Å². The first-order chi connectivity index (χ1) is 12.1. The number of nitrogens with two attached hydrogens (primary N) is 1. The Bertz CT molecular complexity index is 845. The Balaban J connectivity index is 1.74. The van der Waals surface area contributed by atoms with Crippen LogP contribution in [0.2, 0.25) is 0 Å². The molecule has 1 aromatic carbocycles. The molecule has 0 bridgehead atoms. The average Bonchev–Trinajstić information content (AvgIpc) is 3.20. The zero-order chi connectivity index (χ0) is 17.8. The lowest BCUT2D eigenvalue weighted by atomic mass is 10.1. The Morgan fingerprint density at radius 1 is 1.40 bits per heavy atom. The summed E-state index contributed by atoms with van der Waals surface area (Å²) in [6, 6.07) is 8.81. The van der Waals surface area contributed by atoms with Crippen molar-refractivity contribution in [3.05, 3.63) is 57.8 Å². The minimum absolute atomic E-state index is 0.0489. The average molecular weight is 423 g/mol. The van der Waals surface area contributed by atoms with E-state index in [-0.39, 0.29) is 11.9 Å². The number of aromatic nitrogens is 2. The molecular formula is C18H20BrFN4S. The topological polar surface area (TPSA) is 55.9 Å². The first-order valence-corrected chi connectivity index (χ1v) is 9.79. The Morgan fingerprint density at radius 3 is 2.96 bits per heavy atom. The van der Waals surface area contributed by atoms with Gasteiger partial charge >= 0.3 is 0 Å². The molecule has 2 aromatic heterocycles. The van der Waals surface area contributed by atoms with Gasteiger partial charge in [-0.3, -0.25) is 4.68 Å². The molecule has 7 heteroatoms. The van der Waals surface area contributed by atoms with Crippen LogP contribution in [0.15, 0.2) is 46.4 Å². The van der Waals surface area contributed by atoms with E-state index in [0.29, 0.717) is 13.0 Å². The lowest BCUT2D eigenvalue weighted by Gasteiger charge is -2.17. The number of nitrogens with zero attached hydrogens (tertiary/aromatic N) is 2. The zero-order valence-corrected chi connectivity index (χ0v) is 16.3. The van der Waals surface area contributed by atoms with E-state index in [0.717, 1.165) is 32.8 Å². The van der Waals surface area contributed by atoms with Gasteiger partial charge in [0.25, 0.3) is 0 Å². The van der Waals surface area contributed by atoms with Crippen LogP contribution in [0, 0.1) is 5.82 Å². The molecule has 25 heavy (non-hydrogen) atoms. The van der Waals surface area contributed by atoms with E-state index in [9.17, 15) is 4.39 Å². The summed E-state index contributed by atoms with van der Waals surface area (Å²) in [4.78, 5) is 0. The van der Waals surface area contributed by atoms with Crippen molar-refractivity contribution < 1.29 is 4.39 Å². The molecule has 0 aliphatic heterocycles. The predicted molar refractivity (Wildman–Crippen MR) is 105 cm³/mol. The fourth-order valence-electron chi connectivity index (χ4n) is 2.77. The van der Waals surface area contributed by atoms with Crippen molar-refractivity contribution in [1.82, 2.24) is 9.78 Å². The van der Waals surface area contributed by atoms with Crippen molar-refractivity contribution in [2.24, 2.45) is 5.73 Å². The summed E-state index contributed by atoms with van der Waals surface area (Å²) in [6.07, 6.45) is 2.49. The Kier molecular flexibility index (Phi) is 5.88. The second-order valence-corrected chi connectivity index (χ2v) is 7.53. The van der Waals surface area contributed by atoms with E-state index in [2.05, 4.69) is 44.7 Å². The predicted octanol–water partition coefficient (Wildman–Crippen LogP) is 4.52. The number of anilines is 1. The molecule has 3 N–H and O–H groups in total. The summed E-state index contributed by atoms with van der Waals surface area (Å²) >= 11 is 5.20. The summed E-state index contributed by atoms with van der Waals surface area (Å²) in [6.45, 7) is 3.35. The molecule has 4 nitrogen and oxygen atoms in total. The van der Waals surface area contributed by atoms with Gasteiger partial charge in [-0.25, -0.2) is 4.39 Å². The lowest BCUT2D eigenvalue weighted by molar-refractivity contribution is 0.622. The number of aryl methyl sites for hydroxylation is 1. The fraction of sp³-hybridized carbons (Fsp3) is 0.278. The third kappa shape index (κ3) is 4.29. The molecule has 0 unspecified atom stereocenters. The van der Waals surface area contributed by atoms with Crippen LogP contribution in [-0.4, -0.2) is 22.4 Å².